The van der Waals surface area contributed by atoms with Crippen molar-refractivity contribution < 1.29 is 23.5 Å². The summed E-state index contributed by atoms with van der Waals surface area (Å²) >= 11 is 0. The lowest BCUT2D eigenvalue weighted by atomic mass is 10.1. The van der Waals surface area contributed by atoms with Gasteiger partial charge in [0.15, 0.2) is 0 Å². The zero-order valence-electron chi connectivity index (χ0n) is 16.7. The summed E-state index contributed by atoms with van der Waals surface area (Å²) in [6, 6.07) is 13.1. The lowest BCUT2D eigenvalue weighted by Crippen LogP contribution is -2.28. The summed E-state index contributed by atoms with van der Waals surface area (Å²) in [5.41, 5.74) is 1.03. The van der Waals surface area contributed by atoms with Crippen molar-refractivity contribution in [1.29, 1.82) is 0 Å². The van der Waals surface area contributed by atoms with Crippen LogP contribution in [0.2, 0.25) is 0 Å². The van der Waals surface area contributed by atoms with E-state index in [-0.39, 0.29) is 30.9 Å². The summed E-state index contributed by atoms with van der Waals surface area (Å²) in [6.45, 7) is 1.40. The molecule has 2 saturated heterocycles. The van der Waals surface area contributed by atoms with E-state index in [9.17, 15) is 14.0 Å². The highest BCUT2D eigenvalue weighted by Gasteiger charge is 2.35. The van der Waals surface area contributed by atoms with E-state index in [0.717, 1.165) is 25.9 Å². The molecule has 6 nitrogen and oxygen atoms in total. The van der Waals surface area contributed by atoms with Crippen LogP contribution in [0.25, 0.3) is 0 Å². The molecule has 0 unspecified atom stereocenters. The maximum atomic E-state index is 13.5. The highest BCUT2D eigenvalue weighted by atomic mass is 19.1. The fourth-order valence-corrected chi connectivity index (χ4v) is 3.83. The number of nitrogens with zero attached hydrogens (tertiary/aromatic N) is 1. The van der Waals surface area contributed by atoms with Crippen LogP contribution in [0.1, 0.15) is 25.7 Å². The largest absolute Gasteiger partial charge is 0.489 e. The molecule has 2 aromatic rings. The zero-order valence-corrected chi connectivity index (χ0v) is 16.7. The lowest BCUT2D eigenvalue weighted by molar-refractivity contribution is -0.122. The monoisotopic (exact) mass is 412 g/mol. The summed E-state index contributed by atoms with van der Waals surface area (Å²) in [7, 11) is 0. The molecule has 2 atom stereocenters. The number of amides is 2. The second-order valence-corrected chi connectivity index (χ2v) is 7.67. The first-order valence-corrected chi connectivity index (χ1v) is 10.3. The Hall–Kier alpha value is -2.93. The number of para-hydroxylation sites is 2. The first-order valence-electron chi connectivity index (χ1n) is 10.3. The van der Waals surface area contributed by atoms with Gasteiger partial charge in [0.1, 0.15) is 18.2 Å². The molecule has 0 aromatic heterocycles. The van der Waals surface area contributed by atoms with Crippen molar-refractivity contribution in [2.24, 2.45) is 5.92 Å². The summed E-state index contributed by atoms with van der Waals surface area (Å²) in [5.74, 6) is -0.810. The van der Waals surface area contributed by atoms with E-state index >= 15 is 0 Å². The Labute approximate surface area is 175 Å². The Kier molecular flexibility index (Phi) is 6.28. The Balaban J connectivity index is 1.38. The van der Waals surface area contributed by atoms with Crippen molar-refractivity contribution in [3.8, 4) is 5.75 Å². The topological polar surface area (TPSA) is 67.9 Å². The molecule has 2 amide bonds. The Morgan fingerprint density at radius 3 is 2.87 bits per heavy atom. The van der Waals surface area contributed by atoms with E-state index in [0.29, 0.717) is 23.7 Å². The third-order valence-corrected chi connectivity index (χ3v) is 5.46. The highest BCUT2D eigenvalue weighted by Crippen LogP contribution is 2.29. The molecule has 7 heteroatoms. The summed E-state index contributed by atoms with van der Waals surface area (Å²) < 4.78 is 25.1. The maximum absolute atomic E-state index is 13.5. The zero-order chi connectivity index (χ0) is 20.9. The number of rotatable bonds is 6. The summed E-state index contributed by atoms with van der Waals surface area (Å²) in [6.07, 6.45) is 3.32. The maximum Gasteiger partial charge on any atom is 0.229 e. The normalized spacial score (nSPS) is 21.5. The van der Waals surface area contributed by atoms with Crippen LogP contribution in [0.15, 0.2) is 48.5 Å². The van der Waals surface area contributed by atoms with Crippen LogP contribution in [0.5, 0.6) is 5.75 Å². The summed E-state index contributed by atoms with van der Waals surface area (Å²) in [4.78, 5) is 26.7. The van der Waals surface area contributed by atoms with Crippen molar-refractivity contribution in [3.63, 3.8) is 0 Å². The molecule has 4 rings (SSSR count). The lowest BCUT2D eigenvalue weighted by Gasteiger charge is -2.23. The van der Waals surface area contributed by atoms with Gasteiger partial charge < -0.3 is 19.7 Å². The van der Waals surface area contributed by atoms with Gasteiger partial charge in [-0.05, 0) is 49.6 Å². The van der Waals surface area contributed by atoms with Crippen molar-refractivity contribution in [1.82, 2.24) is 0 Å². The van der Waals surface area contributed by atoms with Gasteiger partial charge in [0.05, 0.1) is 17.7 Å². The Morgan fingerprint density at radius 1 is 1.20 bits per heavy atom. The molecular weight excluding hydrogens is 387 g/mol. The molecule has 0 radical (unpaired) electrons. The van der Waals surface area contributed by atoms with Gasteiger partial charge in [-0.1, -0.05) is 18.2 Å². The molecule has 2 aliphatic heterocycles. The second kappa shape index (κ2) is 9.26. The van der Waals surface area contributed by atoms with Gasteiger partial charge in [-0.3, -0.25) is 9.59 Å². The Bertz CT molecular complexity index is 914. The van der Waals surface area contributed by atoms with Crippen LogP contribution in [-0.4, -0.2) is 37.7 Å². The van der Waals surface area contributed by atoms with Crippen LogP contribution in [0.4, 0.5) is 15.8 Å². The third-order valence-electron chi connectivity index (χ3n) is 5.46. The first-order chi connectivity index (χ1) is 14.6. The molecule has 2 aliphatic rings. The number of benzene rings is 2. The van der Waals surface area contributed by atoms with Crippen molar-refractivity contribution in [2.75, 3.05) is 30.0 Å². The van der Waals surface area contributed by atoms with Crippen LogP contribution in [-0.2, 0) is 14.3 Å². The number of anilines is 2. The number of hydrogen-bond donors (Lipinski definition) is 1. The predicted octanol–water partition coefficient (Wildman–Crippen LogP) is 3.77. The number of carbonyl (C=O) groups excluding carboxylic acids is 2. The minimum absolute atomic E-state index is 0.0646. The minimum Gasteiger partial charge on any atom is -0.489 e. The van der Waals surface area contributed by atoms with Crippen molar-refractivity contribution in [3.05, 3.63) is 54.3 Å². The van der Waals surface area contributed by atoms with Gasteiger partial charge in [0.25, 0.3) is 0 Å². The van der Waals surface area contributed by atoms with E-state index in [1.54, 1.807) is 24.3 Å². The molecule has 2 aromatic carbocycles. The van der Waals surface area contributed by atoms with Crippen LogP contribution in [0, 0.1) is 11.7 Å². The average Bonchev–Trinajstić information content (AvgIpc) is 3.16. The molecular formula is C23H25FN2O4. The number of ether oxygens (including phenoxy) is 2. The van der Waals surface area contributed by atoms with Gasteiger partial charge in [-0.25, -0.2) is 4.39 Å². The second-order valence-electron chi connectivity index (χ2n) is 7.67. The van der Waals surface area contributed by atoms with E-state index in [1.807, 2.05) is 12.1 Å². The molecule has 1 N–H and O–H groups in total. The van der Waals surface area contributed by atoms with Crippen molar-refractivity contribution >= 4 is 23.2 Å². The van der Waals surface area contributed by atoms with E-state index in [4.69, 9.17) is 9.47 Å². The molecule has 0 spiro atoms. The van der Waals surface area contributed by atoms with E-state index < -0.39 is 11.7 Å². The average molecular weight is 412 g/mol. The molecule has 158 valence electrons. The quantitative estimate of drug-likeness (QED) is 0.784. The number of hydrogen-bond acceptors (Lipinski definition) is 4. The minimum atomic E-state index is -0.518. The van der Waals surface area contributed by atoms with E-state index in [2.05, 4.69) is 5.32 Å². The Morgan fingerprint density at radius 2 is 2.07 bits per heavy atom. The predicted molar refractivity (Wildman–Crippen MR) is 111 cm³/mol. The van der Waals surface area contributed by atoms with E-state index in [1.165, 1.54) is 17.0 Å². The van der Waals surface area contributed by atoms with Crippen molar-refractivity contribution in [2.45, 2.75) is 31.8 Å². The molecule has 0 bridgehead atoms. The summed E-state index contributed by atoms with van der Waals surface area (Å²) in [5, 5.41) is 2.89. The molecule has 2 fully saturated rings. The molecule has 0 aliphatic carbocycles. The fourth-order valence-electron chi connectivity index (χ4n) is 3.83. The smallest absolute Gasteiger partial charge is 0.229 e. The molecule has 0 saturated carbocycles. The van der Waals surface area contributed by atoms with Gasteiger partial charge in [0.2, 0.25) is 11.8 Å². The number of nitrogens with one attached hydrogen (secondary N) is 1. The number of carbonyl (C=O) groups is 2. The van der Waals surface area contributed by atoms with Gasteiger partial charge in [0, 0.05) is 25.3 Å². The SMILES string of the molecule is O=C(Nc1ccccc1OC[C@H]1CCCCO1)[C@@H]1CC(=O)N(c2cccc(F)c2)C1. The fraction of sp³-hybridized carbons (Fsp3) is 0.391. The highest BCUT2D eigenvalue weighted by molar-refractivity contribution is 6.03. The first kappa shape index (κ1) is 20.3. The third kappa shape index (κ3) is 4.79. The van der Waals surface area contributed by atoms with Crippen LogP contribution in [0.3, 0.4) is 0 Å². The number of halogens is 1. The van der Waals surface area contributed by atoms with Gasteiger partial charge in [-0.15, -0.1) is 0 Å². The van der Waals surface area contributed by atoms with Gasteiger partial charge >= 0.3 is 0 Å². The van der Waals surface area contributed by atoms with Crippen LogP contribution < -0.4 is 15.0 Å². The standard InChI is InChI=1S/C23H25FN2O4/c24-17-6-5-7-18(13-17)26-14-16(12-22(26)27)23(28)25-20-9-1-2-10-21(20)30-15-19-8-3-4-11-29-19/h1-2,5-7,9-10,13,16,19H,3-4,8,11-12,14-15H2,(H,25,28)/t16-,19-/m1/s1. The molecule has 2 heterocycles. The molecule has 30 heavy (non-hydrogen) atoms. The van der Waals surface area contributed by atoms with Gasteiger partial charge in [-0.2, -0.15) is 0 Å². The van der Waals surface area contributed by atoms with Crippen LogP contribution >= 0.6 is 0 Å².